The first-order valence-electron chi connectivity index (χ1n) is 12.2. The summed E-state index contributed by atoms with van der Waals surface area (Å²) < 4.78 is 6.21. The number of carbonyl (C=O) groups excluding carboxylic acids is 3. The molecule has 188 valence electrons. The fourth-order valence-corrected chi connectivity index (χ4v) is 5.03. The Morgan fingerprint density at radius 2 is 1.78 bits per heavy atom. The topological polar surface area (TPSA) is 122 Å². The van der Waals surface area contributed by atoms with Crippen molar-refractivity contribution in [3.8, 4) is 0 Å². The number of likely N-dealkylation sites (tertiary alicyclic amines) is 1. The van der Waals surface area contributed by atoms with Gasteiger partial charge in [0.1, 0.15) is 11.8 Å². The summed E-state index contributed by atoms with van der Waals surface area (Å²) in [6.07, 6.45) is 2.53. The maximum atomic E-state index is 13.8. The molecule has 3 aliphatic rings. The third-order valence-electron chi connectivity index (χ3n) is 7.22. The second-order valence-corrected chi connectivity index (χ2v) is 9.65. The number of rotatable bonds is 5. The van der Waals surface area contributed by atoms with Gasteiger partial charge >= 0.3 is 0 Å². The second-order valence-electron chi connectivity index (χ2n) is 9.65. The van der Waals surface area contributed by atoms with E-state index in [2.05, 4.69) is 5.32 Å². The summed E-state index contributed by atoms with van der Waals surface area (Å²) in [7, 11) is 0. The summed E-state index contributed by atoms with van der Waals surface area (Å²) in [5.41, 5.74) is 0.408. The minimum atomic E-state index is -1.01. The Morgan fingerprint density at radius 3 is 2.44 bits per heavy atom. The summed E-state index contributed by atoms with van der Waals surface area (Å²) in [6, 6.07) is 12.3. The number of hydrogen-bond donors (Lipinski definition) is 1. The van der Waals surface area contributed by atoms with E-state index in [9.17, 15) is 24.5 Å². The Labute approximate surface area is 208 Å². The molecule has 1 saturated carbocycles. The SMILES string of the molecule is Cc1ccccc1C(=O)N1[C@H](C(=O)NC2CC2)COC12CCN(C(=O)c1cccc([N+](=O)[O-])c1)CC2. The minimum Gasteiger partial charge on any atom is -0.353 e. The number of nitrogens with one attached hydrogen (secondary N) is 1. The Kier molecular flexibility index (Phi) is 6.21. The van der Waals surface area contributed by atoms with Crippen LogP contribution in [0.25, 0.3) is 0 Å². The van der Waals surface area contributed by atoms with Crippen molar-refractivity contribution in [1.29, 1.82) is 0 Å². The van der Waals surface area contributed by atoms with Crippen LogP contribution < -0.4 is 5.32 Å². The van der Waals surface area contributed by atoms with Gasteiger partial charge < -0.3 is 15.0 Å². The van der Waals surface area contributed by atoms with E-state index in [1.807, 2.05) is 19.1 Å². The largest absolute Gasteiger partial charge is 0.353 e. The van der Waals surface area contributed by atoms with Gasteiger partial charge in [0.05, 0.1) is 11.5 Å². The number of aryl methyl sites for hydroxylation is 1. The average molecular weight is 493 g/mol. The van der Waals surface area contributed by atoms with Crippen LogP contribution in [0.5, 0.6) is 0 Å². The van der Waals surface area contributed by atoms with Crippen LogP contribution in [0.1, 0.15) is 52.0 Å². The number of nitro groups is 1. The molecule has 2 heterocycles. The zero-order chi connectivity index (χ0) is 25.4. The number of ether oxygens (including phenoxy) is 1. The van der Waals surface area contributed by atoms with E-state index in [1.165, 1.54) is 18.2 Å². The molecule has 36 heavy (non-hydrogen) atoms. The Hall–Kier alpha value is -3.79. The third-order valence-corrected chi connectivity index (χ3v) is 7.22. The lowest BCUT2D eigenvalue weighted by atomic mass is 9.95. The normalized spacial score (nSPS) is 20.9. The van der Waals surface area contributed by atoms with Crippen molar-refractivity contribution < 1.29 is 24.0 Å². The highest BCUT2D eigenvalue weighted by Crippen LogP contribution is 2.39. The van der Waals surface area contributed by atoms with Crippen molar-refractivity contribution in [2.45, 2.75) is 50.4 Å². The highest BCUT2D eigenvalue weighted by molar-refractivity contribution is 5.99. The molecule has 1 N–H and O–H groups in total. The fraction of sp³-hybridized carbons (Fsp3) is 0.423. The monoisotopic (exact) mass is 492 g/mol. The molecule has 2 aromatic rings. The quantitative estimate of drug-likeness (QED) is 0.506. The molecule has 3 amide bonds. The lowest BCUT2D eigenvalue weighted by molar-refractivity contribution is -0.384. The van der Waals surface area contributed by atoms with E-state index in [1.54, 1.807) is 28.0 Å². The molecule has 2 aliphatic heterocycles. The van der Waals surface area contributed by atoms with Crippen molar-refractivity contribution in [1.82, 2.24) is 15.1 Å². The highest BCUT2D eigenvalue weighted by Gasteiger charge is 2.54. The van der Waals surface area contributed by atoms with E-state index in [0.717, 1.165) is 18.4 Å². The van der Waals surface area contributed by atoms with Crippen LogP contribution in [0.2, 0.25) is 0 Å². The number of nitrogens with zero attached hydrogens (tertiary/aromatic N) is 3. The number of benzene rings is 2. The maximum absolute atomic E-state index is 13.8. The third kappa shape index (κ3) is 4.44. The molecule has 10 heteroatoms. The highest BCUT2D eigenvalue weighted by atomic mass is 16.6. The standard InChI is InChI=1S/C26H28N4O6/c1-17-5-2-3-8-21(17)25(33)29-22(23(31)27-19-9-10-19)16-36-26(29)11-13-28(14-12-26)24(32)18-6-4-7-20(15-18)30(34)35/h2-8,15,19,22H,9-14,16H2,1H3,(H,27,31)/t22-/m0/s1. The first-order valence-corrected chi connectivity index (χ1v) is 12.2. The number of piperidine rings is 1. The summed E-state index contributed by atoms with van der Waals surface area (Å²) >= 11 is 0. The van der Waals surface area contributed by atoms with Gasteiger partial charge in [-0.25, -0.2) is 0 Å². The van der Waals surface area contributed by atoms with Crippen molar-refractivity contribution >= 4 is 23.4 Å². The summed E-state index contributed by atoms with van der Waals surface area (Å²) in [5.74, 6) is -0.794. The molecule has 5 rings (SSSR count). The van der Waals surface area contributed by atoms with Crippen LogP contribution in [0.15, 0.2) is 48.5 Å². The van der Waals surface area contributed by atoms with Crippen molar-refractivity contribution in [3.63, 3.8) is 0 Å². The van der Waals surface area contributed by atoms with E-state index in [4.69, 9.17) is 4.74 Å². The first-order chi connectivity index (χ1) is 17.3. The smallest absolute Gasteiger partial charge is 0.270 e. The molecule has 3 fully saturated rings. The molecule has 10 nitrogen and oxygen atoms in total. The molecule has 0 radical (unpaired) electrons. The van der Waals surface area contributed by atoms with Crippen LogP contribution >= 0.6 is 0 Å². The van der Waals surface area contributed by atoms with Gasteiger partial charge in [0.25, 0.3) is 17.5 Å². The molecule has 0 unspecified atom stereocenters. The Bertz CT molecular complexity index is 1220. The first kappa shape index (κ1) is 23.9. The number of hydrogen-bond acceptors (Lipinski definition) is 6. The van der Waals surface area contributed by atoms with Gasteiger partial charge in [-0.3, -0.25) is 29.4 Å². The van der Waals surface area contributed by atoms with Gasteiger partial charge in [-0.05, 0) is 37.5 Å². The van der Waals surface area contributed by atoms with Crippen molar-refractivity contribution in [2.75, 3.05) is 19.7 Å². The maximum Gasteiger partial charge on any atom is 0.270 e. The van der Waals surface area contributed by atoms with Gasteiger partial charge in [-0.2, -0.15) is 0 Å². The van der Waals surface area contributed by atoms with Crippen molar-refractivity contribution in [3.05, 3.63) is 75.3 Å². The summed E-state index contributed by atoms with van der Waals surface area (Å²) in [6.45, 7) is 2.53. The molecule has 2 aromatic carbocycles. The summed E-state index contributed by atoms with van der Waals surface area (Å²) in [5, 5.41) is 14.1. The number of non-ortho nitro benzene ring substituents is 1. The van der Waals surface area contributed by atoms with Crippen LogP contribution in [-0.2, 0) is 9.53 Å². The van der Waals surface area contributed by atoms with E-state index < -0.39 is 16.7 Å². The minimum absolute atomic E-state index is 0.0923. The predicted molar refractivity (Wildman–Crippen MR) is 129 cm³/mol. The zero-order valence-corrected chi connectivity index (χ0v) is 20.0. The number of amides is 3. The van der Waals surface area contributed by atoms with Crippen LogP contribution in [0, 0.1) is 17.0 Å². The number of nitro benzene ring substituents is 1. The average Bonchev–Trinajstić information content (AvgIpc) is 3.63. The molecule has 2 saturated heterocycles. The number of carbonyl (C=O) groups is 3. The van der Waals surface area contributed by atoms with Gasteiger partial charge in [-0.15, -0.1) is 0 Å². The van der Waals surface area contributed by atoms with Crippen LogP contribution in [-0.4, -0.2) is 69.9 Å². The van der Waals surface area contributed by atoms with Crippen LogP contribution in [0.4, 0.5) is 5.69 Å². The molecule has 1 aliphatic carbocycles. The van der Waals surface area contributed by atoms with Gasteiger partial charge in [0.2, 0.25) is 5.91 Å². The van der Waals surface area contributed by atoms with Crippen LogP contribution in [0.3, 0.4) is 0 Å². The van der Waals surface area contributed by atoms with E-state index in [0.29, 0.717) is 18.4 Å². The molecular weight excluding hydrogens is 464 g/mol. The second kappa shape index (κ2) is 9.34. The van der Waals surface area contributed by atoms with E-state index >= 15 is 0 Å². The van der Waals surface area contributed by atoms with Gasteiger partial charge in [-0.1, -0.05) is 24.3 Å². The zero-order valence-electron chi connectivity index (χ0n) is 20.0. The Balaban J connectivity index is 1.38. The van der Waals surface area contributed by atoms with Gasteiger partial charge in [0, 0.05) is 55.2 Å². The molecule has 0 aromatic heterocycles. The fourth-order valence-electron chi connectivity index (χ4n) is 5.03. The lowest BCUT2D eigenvalue weighted by Crippen LogP contribution is -2.60. The molecule has 1 atom stereocenters. The predicted octanol–water partition coefficient (Wildman–Crippen LogP) is 2.66. The van der Waals surface area contributed by atoms with Crippen molar-refractivity contribution in [2.24, 2.45) is 0 Å². The molecular formula is C26H28N4O6. The lowest BCUT2D eigenvalue weighted by Gasteiger charge is -2.44. The molecule has 1 spiro atoms. The van der Waals surface area contributed by atoms with Gasteiger partial charge in [0.15, 0.2) is 0 Å². The summed E-state index contributed by atoms with van der Waals surface area (Å²) in [4.78, 5) is 53.8. The Morgan fingerprint density at radius 1 is 1.06 bits per heavy atom. The van der Waals surface area contributed by atoms with E-state index in [-0.39, 0.29) is 54.7 Å². The molecule has 0 bridgehead atoms.